The van der Waals surface area contributed by atoms with Gasteiger partial charge < -0.3 is 5.32 Å². The van der Waals surface area contributed by atoms with Crippen LogP contribution in [0.3, 0.4) is 0 Å². The summed E-state index contributed by atoms with van der Waals surface area (Å²) in [5.41, 5.74) is 1.69. The highest BCUT2D eigenvalue weighted by Gasteiger charge is 2.16. The van der Waals surface area contributed by atoms with Crippen molar-refractivity contribution in [2.45, 2.75) is 17.6 Å². The molecular weight excluding hydrogens is 352 g/mol. The van der Waals surface area contributed by atoms with Gasteiger partial charge in [-0.1, -0.05) is 34.1 Å². The Morgan fingerprint density at radius 1 is 1.29 bits per heavy atom. The summed E-state index contributed by atoms with van der Waals surface area (Å²) in [6.45, 7) is 2.58. The highest BCUT2D eigenvalue weighted by Crippen LogP contribution is 2.33. The average molecular weight is 367 g/mol. The molecule has 0 spiro atoms. The molecule has 4 nitrogen and oxygen atoms in total. The molecule has 6 heteroatoms. The summed E-state index contributed by atoms with van der Waals surface area (Å²) < 4.78 is 1.03. The van der Waals surface area contributed by atoms with Crippen LogP contribution >= 0.6 is 27.7 Å². The second-order valence-electron chi connectivity index (χ2n) is 4.34. The first-order valence-electron chi connectivity index (χ1n) is 6.50. The number of para-hydroxylation sites is 1. The zero-order valence-corrected chi connectivity index (χ0v) is 13.9. The van der Waals surface area contributed by atoms with Crippen LogP contribution in [0.4, 0.5) is 11.4 Å². The van der Waals surface area contributed by atoms with Crippen molar-refractivity contribution in [1.82, 2.24) is 0 Å². The highest BCUT2D eigenvalue weighted by atomic mass is 79.9. The predicted molar refractivity (Wildman–Crippen MR) is 91.0 cm³/mol. The van der Waals surface area contributed by atoms with Gasteiger partial charge in [0.2, 0.25) is 0 Å². The third kappa shape index (κ3) is 4.22. The number of nitrogens with zero attached hydrogens (tertiary/aromatic N) is 1. The molecule has 0 atom stereocenters. The number of rotatable bonds is 6. The lowest BCUT2D eigenvalue weighted by Gasteiger charge is -2.11. The summed E-state index contributed by atoms with van der Waals surface area (Å²) in [6.07, 6.45) is 0. The van der Waals surface area contributed by atoms with Crippen molar-refractivity contribution in [2.24, 2.45) is 0 Å². The number of hydrogen-bond donors (Lipinski definition) is 1. The molecule has 2 aromatic rings. The first kappa shape index (κ1) is 15.9. The lowest BCUT2D eigenvalue weighted by atomic mass is 10.1. The van der Waals surface area contributed by atoms with E-state index < -0.39 is 0 Å². The maximum atomic E-state index is 11.1. The van der Waals surface area contributed by atoms with Gasteiger partial charge in [-0.15, -0.1) is 11.8 Å². The zero-order valence-electron chi connectivity index (χ0n) is 11.5. The molecule has 0 heterocycles. The molecule has 0 radical (unpaired) electrons. The van der Waals surface area contributed by atoms with Crippen molar-refractivity contribution in [3.8, 4) is 0 Å². The minimum absolute atomic E-state index is 0.129. The zero-order chi connectivity index (χ0) is 15.2. The molecule has 0 aromatic heterocycles. The Hall–Kier alpha value is -1.53. The van der Waals surface area contributed by atoms with Gasteiger partial charge in [0.05, 0.1) is 4.92 Å². The summed E-state index contributed by atoms with van der Waals surface area (Å²) in [5.74, 6) is 0.681. The molecule has 0 amide bonds. The lowest BCUT2D eigenvalue weighted by molar-refractivity contribution is -0.384. The van der Waals surface area contributed by atoms with Crippen LogP contribution < -0.4 is 5.32 Å². The van der Waals surface area contributed by atoms with Crippen LogP contribution in [0, 0.1) is 10.1 Å². The van der Waals surface area contributed by atoms with Gasteiger partial charge in [-0.05, 0) is 30.7 Å². The summed E-state index contributed by atoms with van der Waals surface area (Å²) in [4.78, 5) is 11.9. The van der Waals surface area contributed by atoms with Gasteiger partial charge in [-0.25, -0.2) is 0 Å². The van der Waals surface area contributed by atoms with Gasteiger partial charge >= 0.3 is 0 Å². The van der Waals surface area contributed by atoms with Gasteiger partial charge in [0.15, 0.2) is 0 Å². The fourth-order valence-corrected chi connectivity index (χ4v) is 3.46. The molecule has 0 saturated heterocycles. The van der Waals surface area contributed by atoms with Crippen molar-refractivity contribution >= 4 is 39.1 Å². The minimum Gasteiger partial charge on any atom is -0.380 e. The number of nitrogens with one attached hydrogen (secondary N) is 1. The van der Waals surface area contributed by atoms with E-state index in [4.69, 9.17) is 0 Å². The highest BCUT2D eigenvalue weighted by molar-refractivity contribution is 9.10. The van der Waals surface area contributed by atoms with Crippen LogP contribution in [0.25, 0.3) is 0 Å². The van der Waals surface area contributed by atoms with E-state index in [0.29, 0.717) is 18.0 Å². The second kappa shape index (κ2) is 7.47. The molecule has 2 rings (SSSR count). The SMILES string of the molecule is CCNc1c(CSc2cccc(Br)c2)cccc1[N+](=O)[O-]. The standard InChI is InChI=1S/C15H15BrN2O2S/c1-2-17-15-11(5-3-8-14(15)18(19)20)10-21-13-7-4-6-12(16)9-13/h3-9,17H,2,10H2,1H3. The Bertz CT molecular complexity index is 649. The third-order valence-electron chi connectivity index (χ3n) is 2.87. The third-order valence-corrected chi connectivity index (χ3v) is 4.41. The van der Waals surface area contributed by atoms with Gasteiger partial charge in [-0.3, -0.25) is 10.1 Å². The Kier molecular flexibility index (Phi) is 5.64. The van der Waals surface area contributed by atoms with E-state index in [2.05, 4.69) is 21.2 Å². The summed E-state index contributed by atoms with van der Waals surface area (Å²) in [5, 5.41) is 14.2. The van der Waals surface area contributed by atoms with Gasteiger partial charge in [-0.2, -0.15) is 0 Å². The number of nitro groups is 1. The maximum absolute atomic E-state index is 11.1. The summed E-state index contributed by atoms with van der Waals surface area (Å²) >= 11 is 5.10. The average Bonchev–Trinajstić information content (AvgIpc) is 2.46. The second-order valence-corrected chi connectivity index (χ2v) is 6.31. The molecule has 0 fully saturated rings. The molecule has 0 saturated carbocycles. The molecule has 0 unspecified atom stereocenters. The summed E-state index contributed by atoms with van der Waals surface area (Å²) in [6, 6.07) is 13.2. The van der Waals surface area contributed by atoms with E-state index in [1.54, 1.807) is 17.8 Å². The Labute approximate surface area is 136 Å². The smallest absolute Gasteiger partial charge is 0.292 e. The molecule has 110 valence electrons. The fraction of sp³-hybridized carbons (Fsp3) is 0.200. The maximum Gasteiger partial charge on any atom is 0.292 e. The van der Waals surface area contributed by atoms with Crippen molar-refractivity contribution in [2.75, 3.05) is 11.9 Å². The molecule has 0 bridgehead atoms. The van der Waals surface area contributed by atoms with Crippen LogP contribution in [0.15, 0.2) is 51.8 Å². The van der Waals surface area contributed by atoms with Crippen LogP contribution in [-0.2, 0) is 5.75 Å². The largest absolute Gasteiger partial charge is 0.380 e. The number of nitro benzene ring substituents is 1. The van der Waals surface area contributed by atoms with Gasteiger partial charge in [0.1, 0.15) is 5.69 Å². The summed E-state index contributed by atoms with van der Waals surface area (Å²) in [7, 11) is 0. The lowest BCUT2D eigenvalue weighted by Crippen LogP contribution is -2.04. The Morgan fingerprint density at radius 3 is 2.71 bits per heavy atom. The monoisotopic (exact) mass is 366 g/mol. The van der Waals surface area contributed by atoms with E-state index in [1.807, 2.05) is 37.3 Å². The molecule has 0 aliphatic heterocycles. The molecule has 1 N–H and O–H groups in total. The van der Waals surface area contributed by atoms with Crippen LogP contribution in [0.1, 0.15) is 12.5 Å². The number of anilines is 1. The normalized spacial score (nSPS) is 10.4. The fourth-order valence-electron chi connectivity index (χ4n) is 1.96. The van der Waals surface area contributed by atoms with Crippen LogP contribution in [0.2, 0.25) is 0 Å². The molecule has 21 heavy (non-hydrogen) atoms. The van der Waals surface area contributed by atoms with Crippen molar-refractivity contribution in [3.63, 3.8) is 0 Å². The van der Waals surface area contributed by atoms with E-state index in [1.165, 1.54) is 6.07 Å². The number of thioether (sulfide) groups is 1. The molecular formula is C15H15BrN2O2S. The number of halogens is 1. The van der Waals surface area contributed by atoms with Crippen LogP contribution in [0.5, 0.6) is 0 Å². The Balaban J connectivity index is 2.23. The minimum atomic E-state index is -0.342. The molecule has 2 aromatic carbocycles. The van der Waals surface area contributed by atoms with Crippen LogP contribution in [-0.4, -0.2) is 11.5 Å². The van der Waals surface area contributed by atoms with Crippen molar-refractivity contribution in [3.05, 3.63) is 62.6 Å². The van der Waals surface area contributed by atoms with Crippen molar-refractivity contribution < 1.29 is 4.92 Å². The first-order valence-corrected chi connectivity index (χ1v) is 8.28. The van der Waals surface area contributed by atoms with E-state index >= 15 is 0 Å². The van der Waals surface area contributed by atoms with Crippen molar-refractivity contribution in [1.29, 1.82) is 0 Å². The Morgan fingerprint density at radius 2 is 2.05 bits per heavy atom. The number of hydrogen-bond acceptors (Lipinski definition) is 4. The topological polar surface area (TPSA) is 55.2 Å². The predicted octanol–water partition coefficient (Wildman–Crippen LogP) is 5.08. The first-order chi connectivity index (χ1) is 10.1. The quantitative estimate of drug-likeness (QED) is 0.439. The van der Waals surface area contributed by atoms with E-state index in [-0.39, 0.29) is 10.6 Å². The van der Waals surface area contributed by atoms with Gasteiger partial charge in [0, 0.05) is 27.7 Å². The van der Waals surface area contributed by atoms with E-state index in [9.17, 15) is 10.1 Å². The number of benzene rings is 2. The van der Waals surface area contributed by atoms with E-state index in [0.717, 1.165) is 14.9 Å². The van der Waals surface area contributed by atoms with Gasteiger partial charge in [0.25, 0.3) is 5.69 Å². The molecule has 0 aliphatic carbocycles. The molecule has 0 aliphatic rings.